The van der Waals surface area contributed by atoms with Gasteiger partial charge in [0.05, 0.1) is 26.2 Å². The molecule has 0 aromatic heterocycles. The van der Waals surface area contributed by atoms with Crippen LogP contribution in [0.1, 0.15) is 79.1 Å². The molecule has 0 spiro atoms. The third-order valence-corrected chi connectivity index (χ3v) is 4.19. The van der Waals surface area contributed by atoms with E-state index in [0.29, 0.717) is 0 Å². The van der Waals surface area contributed by atoms with Crippen LogP contribution >= 0.6 is 0 Å². The fraction of sp³-hybridized carbons (Fsp3) is 0.944. The summed E-state index contributed by atoms with van der Waals surface area (Å²) < 4.78 is 33.2. The zero-order chi connectivity index (χ0) is 19.1. The maximum absolute atomic E-state index is 10.6. The van der Waals surface area contributed by atoms with Gasteiger partial charge in [0.2, 0.25) is 0 Å². The average Bonchev–Trinajstić information content (AvgIpc) is 2.53. The van der Waals surface area contributed by atoms with Gasteiger partial charge in [-0.15, -0.1) is 0 Å². The van der Waals surface area contributed by atoms with Gasteiger partial charge in [0.25, 0.3) is 0 Å². The molecular weight excluding hydrogens is 319 g/mol. The Labute approximate surface area is 145 Å². The lowest BCUT2D eigenvalue weighted by molar-refractivity contribution is -0.929. The number of carboxylic acids is 1. The van der Waals surface area contributed by atoms with Gasteiger partial charge < -0.3 is 9.59 Å². The van der Waals surface area contributed by atoms with Crippen LogP contribution in [0.4, 0.5) is 13.2 Å². The van der Waals surface area contributed by atoms with E-state index in [1.807, 2.05) is 0 Å². The van der Waals surface area contributed by atoms with E-state index in [-0.39, 0.29) is 0 Å². The van der Waals surface area contributed by atoms with E-state index in [4.69, 9.17) is 9.90 Å². The van der Waals surface area contributed by atoms with Crippen molar-refractivity contribution in [3.05, 3.63) is 0 Å². The molecule has 0 atom stereocenters. The van der Waals surface area contributed by atoms with Crippen molar-refractivity contribution in [3.63, 3.8) is 0 Å². The van der Waals surface area contributed by atoms with Crippen molar-refractivity contribution in [3.8, 4) is 0 Å². The Bertz CT molecular complexity index is 270. The quantitative estimate of drug-likeness (QED) is 0.460. The highest BCUT2D eigenvalue weighted by Gasteiger charge is 2.38. The van der Waals surface area contributed by atoms with Gasteiger partial charge in [-0.1, -0.05) is 53.4 Å². The fourth-order valence-electron chi connectivity index (χ4n) is 2.64. The van der Waals surface area contributed by atoms with E-state index in [9.17, 15) is 13.2 Å². The van der Waals surface area contributed by atoms with Crippen molar-refractivity contribution >= 4 is 5.97 Å². The topological polar surface area (TPSA) is 37.3 Å². The number of alkyl halides is 3. The van der Waals surface area contributed by atoms with Crippen LogP contribution in [0.25, 0.3) is 0 Å². The third kappa shape index (κ3) is 13.6. The number of quaternary nitrogens is 1. The Hall–Kier alpha value is -0.780. The lowest BCUT2D eigenvalue weighted by Gasteiger charge is -2.39. The predicted molar refractivity (Wildman–Crippen MR) is 93.1 cm³/mol. The van der Waals surface area contributed by atoms with Crippen molar-refractivity contribution in [2.75, 3.05) is 26.2 Å². The molecule has 6 heteroatoms. The van der Waals surface area contributed by atoms with Crippen molar-refractivity contribution in [2.45, 2.75) is 85.2 Å². The maximum atomic E-state index is 10.6. The molecule has 3 nitrogen and oxygen atoms in total. The second-order valence-electron chi connectivity index (χ2n) is 6.45. The second-order valence-corrected chi connectivity index (χ2v) is 6.45. The van der Waals surface area contributed by atoms with Gasteiger partial charge in [0.1, 0.15) is 0 Å². The minimum Gasteiger partial charge on any atom is -0.475 e. The number of hydrogen-bond acceptors (Lipinski definition) is 1. The molecule has 0 aliphatic carbocycles. The minimum absolute atomic E-state index is 1.35. The van der Waals surface area contributed by atoms with Crippen LogP contribution in [0.2, 0.25) is 0 Å². The molecule has 0 bridgehead atoms. The van der Waals surface area contributed by atoms with Crippen LogP contribution < -0.4 is 0 Å². The lowest BCUT2D eigenvalue weighted by atomic mass is 10.1. The first kappa shape index (κ1) is 25.5. The van der Waals surface area contributed by atoms with Crippen molar-refractivity contribution in [1.29, 1.82) is 0 Å². The van der Waals surface area contributed by atoms with Crippen LogP contribution in [0, 0.1) is 0 Å². The van der Waals surface area contributed by atoms with Crippen LogP contribution in [-0.4, -0.2) is 47.9 Å². The summed E-state index contributed by atoms with van der Waals surface area (Å²) in [6.45, 7) is 15.0. The second kappa shape index (κ2) is 14.6. The number of unbranched alkanes of at least 4 members (excludes halogenated alkanes) is 4. The summed E-state index contributed by atoms with van der Waals surface area (Å²) in [6, 6.07) is 0. The summed E-state index contributed by atoms with van der Waals surface area (Å²) in [5, 5.41) is 7.12. The number of hydrogen-bond donors (Lipinski definition) is 1. The Morgan fingerprint density at radius 3 is 1.08 bits per heavy atom. The van der Waals surface area contributed by atoms with E-state index in [2.05, 4.69) is 27.7 Å². The molecule has 0 fully saturated rings. The molecular formula is C18H37F3NO2+. The Balaban J connectivity index is 0. The number of nitrogens with zero attached hydrogens (tertiary/aromatic N) is 1. The van der Waals surface area contributed by atoms with Gasteiger partial charge in [0, 0.05) is 0 Å². The number of halogens is 3. The maximum Gasteiger partial charge on any atom is 0.490 e. The molecule has 0 rings (SSSR count). The van der Waals surface area contributed by atoms with Crippen molar-refractivity contribution in [2.24, 2.45) is 0 Å². The minimum atomic E-state index is -5.08. The smallest absolute Gasteiger partial charge is 0.475 e. The normalized spacial score (nSPS) is 11.8. The molecule has 1 N–H and O–H groups in total. The Kier molecular flexibility index (Phi) is 15.4. The summed E-state index contributed by atoms with van der Waals surface area (Å²) in [4.78, 5) is 8.90. The molecule has 0 unspecified atom stereocenters. The first-order valence-electron chi connectivity index (χ1n) is 9.34. The third-order valence-electron chi connectivity index (χ3n) is 4.19. The van der Waals surface area contributed by atoms with Crippen molar-refractivity contribution in [1.82, 2.24) is 0 Å². The fourth-order valence-corrected chi connectivity index (χ4v) is 2.64. The molecule has 0 heterocycles. The molecule has 146 valence electrons. The van der Waals surface area contributed by atoms with Crippen LogP contribution in [0.3, 0.4) is 0 Å². The van der Waals surface area contributed by atoms with Crippen LogP contribution in [0.5, 0.6) is 0 Å². The summed E-state index contributed by atoms with van der Waals surface area (Å²) in [5.41, 5.74) is 0. The highest BCUT2D eigenvalue weighted by molar-refractivity contribution is 5.73. The van der Waals surface area contributed by atoms with E-state index >= 15 is 0 Å². The molecule has 0 saturated carbocycles. The van der Waals surface area contributed by atoms with Crippen LogP contribution in [0.15, 0.2) is 0 Å². The van der Waals surface area contributed by atoms with E-state index < -0.39 is 12.1 Å². The molecule has 24 heavy (non-hydrogen) atoms. The highest BCUT2D eigenvalue weighted by Crippen LogP contribution is 2.16. The molecule has 0 aliphatic rings. The summed E-state index contributed by atoms with van der Waals surface area (Å²) >= 11 is 0. The van der Waals surface area contributed by atoms with Gasteiger partial charge in [-0.2, -0.15) is 13.2 Å². The molecule has 0 radical (unpaired) electrons. The molecule has 0 aromatic carbocycles. The molecule has 0 amide bonds. The van der Waals surface area contributed by atoms with Crippen LogP contribution in [-0.2, 0) is 4.79 Å². The largest absolute Gasteiger partial charge is 0.490 e. The zero-order valence-corrected chi connectivity index (χ0v) is 15.9. The number of carboxylic acid groups (broad SMARTS) is 1. The Morgan fingerprint density at radius 1 is 0.750 bits per heavy atom. The molecule has 0 aromatic rings. The summed E-state index contributed by atoms with van der Waals surface area (Å²) in [5.74, 6) is -2.76. The predicted octanol–water partition coefficient (Wildman–Crippen LogP) is 5.64. The van der Waals surface area contributed by atoms with Gasteiger partial charge in [-0.05, 0) is 25.7 Å². The number of carbonyl (C=O) groups is 1. The monoisotopic (exact) mass is 356 g/mol. The van der Waals surface area contributed by atoms with E-state index in [1.54, 1.807) is 0 Å². The average molecular weight is 356 g/mol. The number of rotatable bonds is 12. The molecule has 0 aliphatic heterocycles. The molecule has 0 saturated heterocycles. The standard InChI is InChI=1S/C16H36N.C2HF3O2/c1-5-9-13-17(14-10-6-2,15-11-7-3)16-12-8-4;3-2(4,5)1(6)7/h5-16H2,1-4H3;(H,6,7)/q+1;. The SMILES string of the molecule is CCCC[N+](CCCC)(CCCC)CCCC.O=C(O)C(F)(F)F. The first-order chi connectivity index (χ1) is 11.2. The van der Waals surface area contributed by atoms with Gasteiger partial charge in [-0.25, -0.2) is 4.79 Å². The first-order valence-corrected chi connectivity index (χ1v) is 9.34. The Morgan fingerprint density at radius 2 is 0.958 bits per heavy atom. The van der Waals surface area contributed by atoms with Crippen molar-refractivity contribution < 1.29 is 27.6 Å². The zero-order valence-electron chi connectivity index (χ0n) is 15.9. The number of aliphatic carboxylic acids is 1. The van der Waals surface area contributed by atoms with Gasteiger partial charge >= 0.3 is 12.1 Å². The van der Waals surface area contributed by atoms with Gasteiger partial charge in [0.15, 0.2) is 0 Å². The van der Waals surface area contributed by atoms with E-state index in [0.717, 1.165) is 0 Å². The summed E-state index contributed by atoms with van der Waals surface area (Å²) in [6.07, 6.45) is 5.98. The summed E-state index contributed by atoms with van der Waals surface area (Å²) in [7, 11) is 0. The lowest BCUT2D eigenvalue weighted by Crippen LogP contribution is -2.50. The van der Waals surface area contributed by atoms with Gasteiger partial charge in [-0.3, -0.25) is 0 Å². The van der Waals surface area contributed by atoms with E-state index in [1.165, 1.54) is 82.0 Å². The highest BCUT2D eigenvalue weighted by atomic mass is 19.4.